The molecule has 2 bridgehead atoms. The summed E-state index contributed by atoms with van der Waals surface area (Å²) < 4.78 is 22.8. The molecule has 3 amide bonds. The van der Waals surface area contributed by atoms with E-state index in [9.17, 15) is 14.4 Å². The molecular formula is C42H53N7O7. The van der Waals surface area contributed by atoms with Crippen LogP contribution < -0.4 is 5.32 Å². The minimum absolute atomic E-state index is 0.149. The number of benzene rings is 2. The largest absolute Gasteiger partial charge is 0.453 e. The summed E-state index contributed by atoms with van der Waals surface area (Å²) in [6.07, 6.45) is 6.88. The van der Waals surface area contributed by atoms with Crippen LogP contribution in [0.5, 0.6) is 0 Å². The second kappa shape index (κ2) is 16.9. The topological polar surface area (TPSA) is 164 Å². The van der Waals surface area contributed by atoms with E-state index in [1.54, 1.807) is 16.7 Å². The van der Waals surface area contributed by atoms with Gasteiger partial charge in [-0.05, 0) is 94.5 Å². The zero-order valence-electron chi connectivity index (χ0n) is 32.9. The Morgan fingerprint density at radius 1 is 0.857 bits per heavy atom. The van der Waals surface area contributed by atoms with Crippen molar-refractivity contribution in [1.29, 1.82) is 0 Å². The first-order valence-corrected chi connectivity index (χ1v) is 19.7. The number of nitrogens with zero attached hydrogens (tertiary/aromatic N) is 4. The van der Waals surface area contributed by atoms with Crippen molar-refractivity contribution in [2.24, 2.45) is 0 Å². The fourth-order valence-corrected chi connectivity index (χ4v) is 7.80. The van der Waals surface area contributed by atoms with E-state index in [2.05, 4.69) is 62.7 Å². The number of aromatic amines is 2. The number of hydrogen-bond donors (Lipinski definition) is 3. The maximum Gasteiger partial charge on any atom is 0.410 e. The van der Waals surface area contributed by atoms with E-state index < -0.39 is 23.8 Å². The second-order valence-corrected chi connectivity index (χ2v) is 15.8. The van der Waals surface area contributed by atoms with Crippen LogP contribution in [0.1, 0.15) is 95.5 Å². The Morgan fingerprint density at radius 3 is 2.29 bits per heavy atom. The van der Waals surface area contributed by atoms with Crippen LogP contribution in [-0.4, -0.2) is 99.0 Å². The number of alkyl carbamates (subject to hydrolysis) is 1. The number of aromatic nitrogens is 4. The second-order valence-electron chi connectivity index (χ2n) is 15.8. The first-order valence-electron chi connectivity index (χ1n) is 19.7. The highest BCUT2D eigenvalue weighted by Gasteiger charge is 2.39. The van der Waals surface area contributed by atoms with E-state index in [1.165, 1.54) is 7.11 Å². The first kappa shape index (κ1) is 39.0. The van der Waals surface area contributed by atoms with Gasteiger partial charge in [0.2, 0.25) is 5.91 Å². The van der Waals surface area contributed by atoms with Crippen molar-refractivity contribution in [3.8, 4) is 33.6 Å². The third-order valence-corrected chi connectivity index (χ3v) is 10.7. The average Bonchev–Trinajstić information content (AvgIpc) is 4.02. The van der Waals surface area contributed by atoms with E-state index in [4.69, 9.17) is 23.9 Å². The highest BCUT2D eigenvalue weighted by atomic mass is 16.6. The summed E-state index contributed by atoms with van der Waals surface area (Å²) in [5.74, 6) is 1.23. The van der Waals surface area contributed by atoms with Crippen LogP contribution in [0, 0.1) is 0 Å². The number of H-pyrrole nitrogens is 2. The molecule has 3 aliphatic rings. The van der Waals surface area contributed by atoms with E-state index >= 15 is 0 Å². The van der Waals surface area contributed by atoms with Gasteiger partial charge in [-0.2, -0.15) is 0 Å². The lowest BCUT2D eigenvalue weighted by Crippen LogP contribution is -2.54. The Morgan fingerprint density at radius 2 is 1.52 bits per heavy atom. The Labute approximate surface area is 327 Å². The molecule has 14 nitrogen and oxygen atoms in total. The van der Waals surface area contributed by atoms with Gasteiger partial charge in [-0.1, -0.05) is 36.4 Å². The summed E-state index contributed by atoms with van der Waals surface area (Å²) in [4.78, 5) is 59.1. The van der Waals surface area contributed by atoms with Crippen molar-refractivity contribution >= 4 is 18.1 Å². The minimum Gasteiger partial charge on any atom is -0.453 e. The molecule has 7 rings (SSSR count). The average molecular weight is 768 g/mol. The number of carbonyl (C=O) groups excluding carboxylic acids is 3. The normalized spacial score (nSPS) is 22.3. The maximum absolute atomic E-state index is 13.9. The quantitative estimate of drug-likeness (QED) is 0.193. The molecular weight excluding hydrogens is 715 g/mol. The molecule has 14 heteroatoms. The fourth-order valence-electron chi connectivity index (χ4n) is 7.80. The molecule has 2 saturated heterocycles. The molecule has 0 unspecified atom stereocenters. The number of nitrogens with one attached hydrogen (secondary N) is 3. The fraction of sp³-hybridized carbons (Fsp3) is 0.500. The molecule has 0 saturated carbocycles. The van der Waals surface area contributed by atoms with Gasteiger partial charge in [0.25, 0.3) is 0 Å². The van der Waals surface area contributed by atoms with Crippen LogP contribution >= 0.6 is 0 Å². The number of hydrogen-bond acceptors (Lipinski definition) is 9. The Bertz CT molecular complexity index is 2000. The zero-order valence-corrected chi connectivity index (χ0v) is 32.9. The number of methoxy groups -OCH3 is 1. The molecule has 3 aliphatic heterocycles. The van der Waals surface area contributed by atoms with Gasteiger partial charge >= 0.3 is 12.2 Å². The third-order valence-electron chi connectivity index (χ3n) is 10.7. The number of fused-ring (bicyclic) bond motifs is 6. The summed E-state index contributed by atoms with van der Waals surface area (Å²) in [6, 6.07) is 13.4. The van der Waals surface area contributed by atoms with Crippen molar-refractivity contribution < 1.29 is 33.3 Å². The van der Waals surface area contributed by atoms with Gasteiger partial charge in [-0.3, -0.25) is 9.69 Å². The van der Waals surface area contributed by atoms with Crippen molar-refractivity contribution in [3.05, 3.63) is 72.1 Å². The van der Waals surface area contributed by atoms with Gasteiger partial charge < -0.3 is 39.1 Å². The van der Waals surface area contributed by atoms with Gasteiger partial charge in [0.05, 0.1) is 55.7 Å². The molecule has 5 heterocycles. The van der Waals surface area contributed by atoms with Crippen molar-refractivity contribution in [1.82, 2.24) is 35.1 Å². The molecule has 56 heavy (non-hydrogen) atoms. The van der Waals surface area contributed by atoms with Gasteiger partial charge in [-0.15, -0.1) is 0 Å². The summed E-state index contributed by atoms with van der Waals surface area (Å²) in [7, 11) is 1.28. The first-order chi connectivity index (χ1) is 27.0. The summed E-state index contributed by atoms with van der Waals surface area (Å²) in [5.41, 5.74) is 6.25. The van der Waals surface area contributed by atoms with Crippen LogP contribution in [0.15, 0.2) is 54.9 Å². The van der Waals surface area contributed by atoms with Crippen LogP contribution in [0.25, 0.3) is 33.6 Å². The SMILES string of the molecule is COC(=O)N[C@@H]1C(=O)N2CCC[C@H]2c2ncc([nH]2)-c2ccc(-c3ccc(-c4cnc([C@@H]5CCCN5C(=O)OC(C)(C)C)[nH]4)cc3)cc2COCCCCO[C@@H]1C. The Hall–Kier alpha value is -5.21. The van der Waals surface area contributed by atoms with Crippen LogP contribution in [0.4, 0.5) is 9.59 Å². The molecule has 4 atom stereocenters. The number of carbonyl (C=O) groups is 3. The van der Waals surface area contributed by atoms with Crippen LogP contribution in [0.3, 0.4) is 0 Å². The molecule has 2 aromatic heterocycles. The highest BCUT2D eigenvalue weighted by Crippen LogP contribution is 2.36. The lowest BCUT2D eigenvalue weighted by Gasteiger charge is -2.31. The molecule has 3 N–H and O–H groups in total. The van der Waals surface area contributed by atoms with Crippen molar-refractivity contribution in [2.45, 2.75) is 103 Å². The van der Waals surface area contributed by atoms with Crippen LogP contribution in [-0.2, 0) is 30.3 Å². The van der Waals surface area contributed by atoms with Gasteiger partial charge in [0, 0.05) is 31.9 Å². The van der Waals surface area contributed by atoms with Gasteiger partial charge in [0.15, 0.2) is 0 Å². The van der Waals surface area contributed by atoms with Crippen molar-refractivity contribution in [2.75, 3.05) is 33.4 Å². The van der Waals surface area contributed by atoms with E-state index in [-0.39, 0.29) is 24.1 Å². The molecule has 2 fully saturated rings. The summed E-state index contributed by atoms with van der Waals surface area (Å²) >= 11 is 0. The van der Waals surface area contributed by atoms with Gasteiger partial charge in [-0.25, -0.2) is 19.6 Å². The van der Waals surface area contributed by atoms with E-state index in [1.807, 2.05) is 33.2 Å². The lowest BCUT2D eigenvalue weighted by molar-refractivity contribution is -0.138. The predicted octanol–water partition coefficient (Wildman–Crippen LogP) is 7.31. The number of imidazole rings is 2. The lowest BCUT2D eigenvalue weighted by atomic mass is 9.97. The van der Waals surface area contributed by atoms with Crippen molar-refractivity contribution in [3.63, 3.8) is 0 Å². The summed E-state index contributed by atoms with van der Waals surface area (Å²) in [5, 5.41) is 2.71. The standard InChI is InChI=1S/C42H53N7O7/c1-26-36(47-40(51)53-5)39(50)48-18-8-10-34(48)37-44-24-33(46-37)31-17-16-29(22-30(31)25-54-20-6-7-21-55-26)27-12-14-28(15-13-27)32-23-43-38(45-32)35-11-9-19-49(35)41(52)56-42(2,3)4/h12-17,22-24,26,34-36H,6-11,18-21,25H2,1-5H3,(H,43,45)(H,44,46)(H,47,51)/t26-,34+,35+,36+/m1/s1. The molecule has 2 aromatic carbocycles. The smallest absolute Gasteiger partial charge is 0.410 e. The van der Waals surface area contributed by atoms with E-state index in [0.717, 1.165) is 83.6 Å². The third kappa shape index (κ3) is 8.76. The monoisotopic (exact) mass is 767 g/mol. The Kier molecular flexibility index (Phi) is 11.8. The predicted molar refractivity (Wildman–Crippen MR) is 209 cm³/mol. The molecule has 0 aliphatic carbocycles. The molecule has 0 radical (unpaired) electrons. The number of ether oxygens (including phenoxy) is 4. The maximum atomic E-state index is 13.9. The molecule has 0 spiro atoms. The highest BCUT2D eigenvalue weighted by molar-refractivity contribution is 5.87. The Balaban J connectivity index is 1.11. The zero-order chi connectivity index (χ0) is 39.4. The van der Waals surface area contributed by atoms with E-state index in [0.29, 0.717) is 38.7 Å². The minimum atomic E-state index is -0.900. The number of likely N-dealkylation sites (tertiary alicyclic amines) is 1. The summed E-state index contributed by atoms with van der Waals surface area (Å²) in [6.45, 7) is 9.99. The van der Waals surface area contributed by atoms with Gasteiger partial charge in [0.1, 0.15) is 23.3 Å². The molecule has 298 valence electrons. The number of rotatable bonds is 4. The molecule has 4 aromatic rings. The number of amides is 3. The van der Waals surface area contributed by atoms with Crippen LogP contribution in [0.2, 0.25) is 0 Å².